The Morgan fingerprint density at radius 2 is 1.59 bits per heavy atom. The van der Waals surface area contributed by atoms with Crippen LogP contribution < -0.4 is 0 Å². The van der Waals surface area contributed by atoms with Crippen LogP contribution in [-0.4, -0.2) is 36.5 Å². The van der Waals surface area contributed by atoms with Gasteiger partial charge in [-0.3, -0.25) is 9.59 Å². The van der Waals surface area contributed by atoms with E-state index in [0.717, 1.165) is 25.7 Å². The summed E-state index contributed by atoms with van der Waals surface area (Å²) in [5.41, 5.74) is 0. The minimum absolute atomic E-state index is 0.0862. The van der Waals surface area contributed by atoms with E-state index in [9.17, 15) is 9.59 Å². The monoisotopic (exact) mass is 311 g/mol. The Morgan fingerprint density at radius 3 is 2.09 bits per heavy atom. The van der Waals surface area contributed by atoms with E-state index < -0.39 is 0 Å². The largest absolute Gasteiger partial charge is 0.469 e. The van der Waals surface area contributed by atoms with Crippen molar-refractivity contribution in [3.63, 3.8) is 0 Å². The van der Waals surface area contributed by atoms with Gasteiger partial charge in [-0.15, -0.1) is 0 Å². The lowest BCUT2D eigenvalue weighted by atomic mass is 9.93. The molecule has 1 aliphatic rings. The molecule has 4 heteroatoms. The first-order chi connectivity index (χ1) is 10.6. The minimum atomic E-state index is -0.229. The maximum absolute atomic E-state index is 12.9. The highest BCUT2D eigenvalue weighted by molar-refractivity contribution is 5.80. The molecule has 0 aromatic carbocycles. The van der Waals surface area contributed by atoms with Crippen LogP contribution in [0.5, 0.6) is 0 Å². The maximum Gasteiger partial charge on any atom is 0.307 e. The highest BCUT2D eigenvalue weighted by Crippen LogP contribution is 2.24. The van der Waals surface area contributed by atoms with Gasteiger partial charge in [0.2, 0.25) is 5.91 Å². The van der Waals surface area contributed by atoms with E-state index in [0.29, 0.717) is 19.0 Å². The molecule has 0 aromatic heterocycles. The Morgan fingerprint density at radius 1 is 1.05 bits per heavy atom. The predicted octanol–water partition coefficient (Wildman–Crippen LogP) is 3.93. The summed E-state index contributed by atoms with van der Waals surface area (Å²) in [7, 11) is 1.41. The van der Waals surface area contributed by atoms with Gasteiger partial charge in [-0.1, -0.05) is 46.0 Å². The molecule has 0 radical (unpaired) electrons. The van der Waals surface area contributed by atoms with Gasteiger partial charge in [0.05, 0.1) is 13.5 Å². The summed E-state index contributed by atoms with van der Waals surface area (Å²) in [5, 5.41) is 0. The molecule has 1 aliphatic carbocycles. The third kappa shape index (κ3) is 5.98. The van der Waals surface area contributed by atoms with Gasteiger partial charge in [-0.2, -0.15) is 0 Å². The number of rotatable bonds is 7. The van der Waals surface area contributed by atoms with E-state index in [2.05, 4.69) is 13.8 Å². The van der Waals surface area contributed by atoms with Crippen molar-refractivity contribution in [2.45, 2.75) is 84.1 Å². The van der Waals surface area contributed by atoms with Crippen LogP contribution in [0, 0.1) is 5.92 Å². The third-order valence-electron chi connectivity index (χ3n) is 4.92. The number of amides is 1. The Hall–Kier alpha value is -1.06. The third-order valence-corrected chi connectivity index (χ3v) is 4.92. The summed E-state index contributed by atoms with van der Waals surface area (Å²) in [5.74, 6) is 0.0933. The number of carbonyl (C=O) groups excluding carboxylic acids is 2. The first-order valence-electron chi connectivity index (χ1n) is 9.01. The molecule has 128 valence electrons. The molecule has 1 rings (SSSR count). The highest BCUT2D eigenvalue weighted by Gasteiger charge is 2.28. The van der Waals surface area contributed by atoms with Crippen LogP contribution >= 0.6 is 0 Å². The lowest BCUT2D eigenvalue weighted by Gasteiger charge is -2.35. The quantitative estimate of drug-likeness (QED) is 0.669. The topological polar surface area (TPSA) is 46.6 Å². The molecule has 0 spiro atoms. The summed E-state index contributed by atoms with van der Waals surface area (Å²) in [6.07, 6.45) is 10.4. The Labute approximate surface area is 135 Å². The van der Waals surface area contributed by atoms with Gasteiger partial charge in [0.15, 0.2) is 0 Å². The molecule has 0 aliphatic heterocycles. The van der Waals surface area contributed by atoms with Crippen molar-refractivity contribution in [1.29, 1.82) is 0 Å². The van der Waals surface area contributed by atoms with Gasteiger partial charge in [0.1, 0.15) is 0 Å². The van der Waals surface area contributed by atoms with Crippen LogP contribution in [0.15, 0.2) is 0 Å². The fraction of sp³-hybridized carbons (Fsp3) is 0.889. The lowest BCUT2D eigenvalue weighted by molar-refractivity contribution is -0.143. The van der Waals surface area contributed by atoms with E-state index in [1.807, 2.05) is 4.90 Å². The van der Waals surface area contributed by atoms with E-state index >= 15 is 0 Å². The van der Waals surface area contributed by atoms with Gasteiger partial charge in [-0.25, -0.2) is 0 Å². The normalized spacial score (nSPS) is 16.9. The summed E-state index contributed by atoms with van der Waals surface area (Å²) in [4.78, 5) is 26.4. The number of methoxy groups -OCH3 is 1. The Balaban J connectivity index is 2.78. The predicted molar refractivity (Wildman–Crippen MR) is 88.5 cm³/mol. The van der Waals surface area contributed by atoms with Crippen LogP contribution in [-0.2, 0) is 14.3 Å². The van der Waals surface area contributed by atoms with E-state index in [4.69, 9.17) is 4.74 Å². The molecule has 0 saturated heterocycles. The zero-order valence-corrected chi connectivity index (χ0v) is 14.6. The van der Waals surface area contributed by atoms with Crippen molar-refractivity contribution in [3.05, 3.63) is 0 Å². The second-order valence-electron chi connectivity index (χ2n) is 6.37. The summed E-state index contributed by atoms with van der Waals surface area (Å²) < 4.78 is 4.75. The molecule has 0 N–H and O–H groups in total. The molecule has 0 aromatic rings. The Bertz CT molecular complexity index is 331. The standard InChI is InChI=1S/C18H33NO3/c1-4-15(5-2)18(21)19(14-13-17(20)22-3)16-11-9-7-6-8-10-12-16/h15-16H,4-14H2,1-3H3. The first-order valence-corrected chi connectivity index (χ1v) is 9.01. The van der Waals surface area contributed by atoms with Crippen molar-refractivity contribution >= 4 is 11.9 Å². The van der Waals surface area contributed by atoms with Crippen LogP contribution in [0.4, 0.5) is 0 Å². The van der Waals surface area contributed by atoms with Crippen LogP contribution in [0.25, 0.3) is 0 Å². The van der Waals surface area contributed by atoms with Crippen molar-refractivity contribution in [2.24, 2.45) is 5.92 Å². The number of nitrogens with zero attached hydrogens (tertiary/aromatic N) is 1. The molecule has 22 heavy (non-hydrogen) atoms. The molecule has 0 bridgehead atoms. The maximum atomic E-state index is 12.9. The van der Waals surface area contributed by atoms with E-state index in [1.54, 1.807) is 0 Å². The molecule has 1 fully saturated rings. The van der Waals surface area contributed by atoms with Gasteiger partial charge >= 0.3 is 5.97 Å². The fourth-order valence-corrected chi connectivity index (χ4v) is 3.41. The SMILES string of the molecule is CCC(CC)C(=O)N(CCC(=O)OC)C1CCCCCCC1. The molecule has 1 amide bonds. The number of esters is 1. The van der Waals surface area contributed by atoms with Crippen molar-refractivity contribution in [3.8, 4) is 0 Å². The molecule has 0 atom stereocenters. The fourth-order valence-electron chi connectivity index (χ4n) is 3.41. The lowest BCUT2D eigenvalue weighted by Crippen LogP contribution is -2.45. The summed E-state index contributed by atoms with van der Waals surface area (Å²) >= 11 is 0. The van der Waals surface area contributed by atoms with Gasteiger partial charge in [-0.05, 0) is 25.7 Å². The molecule has 0 unspecified atom stereocenters. The van der Waals surface area contributed by atoms with E-state index in [-0.39, 0.29) is 17.8 Å². The summed E-state index contributed by atoms with van der Waals surface area (Å²) in [6, 6.07) is 0.304. The zero-order chi connectivity index (χ0) is 16.4. The molecule has 4 nitrogen and oxygen atoms in total. The number of hydrogen-bond donors (Lipinski definition) is 0. The van der Waals surface area contributed by atoms with Gasteiger partial charge < -0.3 is 9.64 Å². The number of ether oxygens (including phenoxy) is 1. The van der Waals surface area contributed by atoms with Crippen LogP contribution in [0.2, 0.25) is 0 Å². The average molecular weight is 311 g/mol. The summed E-state index contributed by atoms with van der Waals surface area (Å²) in [6.45, 7) is 4.65. The molecular weight excluding hydrogens is 278 g/mol. The number of hydrogen-bond acceptors (Lipinski definition) is 3. The van der Waals surface area contributed by atoms with Gasteiger partial charge in [0, 0.05) is 18.5 Å². The number of carbonyl (C=O) groups is 2. The highest BCUT2D eigenvalue weighted by atomic mass is 16.5. The average Bonchev–Trinajstić information content (AvgIpc) is 2.49. The molecule has 0 heterocycles. The van der Waals surface area contributed by atoms with Crippen LogP contribution in [0.1, 0.15) is 78.1 Å². The Kier molecular flexibility index (Phi) is 9.17. The second-order valence-corrected chi connectivity index (χ2v) is 6.37. The smallest absolute Gasteiger partial charge is 0.307 e. The van der Waals surface area contributed by atoms with Crippen molar-refractivity contribution in [2.75, 3.05) is 13.7 Å². The molecule has 1 saturated carbocycles. The second kappa shape index (κ2) is 10.6. The van der Waals surface area contributed by atoms with Crippen LogP contribution in [0.3, 0.4) is 0 Å². The van der Waals surface area contributed by atoms with E-state index in [1.165, 1.54) is 39.2 Å². The van der Waals surface area contributed by atoms with Gasteiger partial charge in [0.25, 0.3) is 0 Å². The van der Waals surface area contributed by atoms with Crippen molar-refractivity contribution < 1.29 is 14.3 Å². The molecular formula is C18H33NO3. The minimum Gasteiger partial charge on any atom is -0.469 e. The van der Waals surface area contributed by atoms with Crippen molar-refractivity contribution in [1.82, 2.24) is 4.90 Å². The first kappa shape index (κ1) is 19.0. The zero-order valence-electron chi connectivity index (χ0n) is 14.6.